The summed E-state index contributed by atoms with van der Waals surface area (Å²) in [6.07, 6.45) is 3.54. The number of carbonyl (C=O) groups is 2. The van der Waals surface area contributed by atoms with Gasteiger partial charge in [-0.25, -0.2) is 4.90 Å². The fourth-order valence-electron chi connectivity index (χ4n) is 2.71. The summed E-state index contributed by atoms with van der Waals surface area (Å²) in [5, 5.41) is 0. The molecule has 0 N–H and O–H groups in total. The first-order valence-corrected chi connectivity index (χ1v) is 7.35. The van der Waals surface area contributed by atoms with Crippen LogP contribution < -0.4 is 4.90 Å². The molecule has 0 saturated heterocycles. The Kier molecular flexibility index (Phi) is 3.88. The summed E-state index contributed by atoms with van der Waals surface area (Å²) < 4.78 is 0. The molecule has 0 saturated carbocycles. The molecular formula is C19H17NO2. The van der Waals surface area contributed by atoms with Gasteiger partial charge >= 0.3 is 0 Å². The van der Waals surface area contributed by atoms with Crippen LogP contribution in [0.3, 0.4) is 0 Å². The molecule has 2 amide bonds. The van der Waals surface area contributed by atoms with Crippen LogP contribution in [0.5, 0.6) is 0 Å². The normalized spacial score (nSPS) is 15.4. The van der Waals surface area contributed by atoms with Crippen molar-refractivity contribution in [3.8, 4) is 0 Å². The molecule has 3 nitrogen and oxygen atoms in total. The van der Waals surface area contributed by atoms with Crippen molar-refractivity contribution in [2.24, 2.45) is 0 Å². The Morgan fingerprint density at radius 1 is 0.909 bits per heavy atom. The topological polar surface area (TPSA) is 37.4 Å². The third kappa shape index (κ3) is 2.84. The zero-order valence-corrected chi connectivity index (χ0v) is 12.4. The minimum atomic E-state index is -0.280. The zero-order valence-electron chi connectivity index (χ0n) is 12.4. The van der Waals surface area contributed by atoms with E-state index in [0.717, 1.165) is 12.0 Å². The van der Waals surface area contributed by atoms with Crippen molar-refractivity contribution in [1.82, 2.24) is 0 Å². The van der Waals surface area contributed by atoms with Crippen molar-refractivity contribution in [3.05, 3.63) is 77.9 Å². The van der Waals surface area contributed by atoms with Crippen LogP contribution >= 0.6 is 0 Å². The van der Waals surface area contributed by atoms with E-state index in [0.29, 0.717) is 11.6 Å². The molecule has 1 aliphatic heterocycles. The lowest BCUT2D eigenvalue weighted by Crippen LogP contribution is -2.29. The Labute approximate surface area is 129 Å². The van der Waals surface area contributed by atoms with Gasteiger partial charge < -0.3 is 0 Å². The SMILES string of the molecule is CC(Cc1ccccc1)c1cccc(N2C(=O)C=CC2=O)c1. The Hall–Kier alpha value is -2.68. The fraction of sp³-hybridized carbons (Fsp3) is 0.158. The summed E-state index contributed by atoms with van der Waals surface area (Å²) >= 11 is 0. The molecule has 22 heavy (non-hydrogen) atoms. The first-order chi connectivity index (χ1) is 10.6. The maximum absolute atomic E-state index is 11.8. The zero-order chi connectivity index (χ0) is 15.5. The molecule has 1 unspecified atom stereocenters. The highest BCUT2D eigenvalue weighted by Crippen LogP contribution is 2.26. The van der Waals surface area contributed by atoms with E-state index >= 15 is 0 Å². The van der Waals surface area contributed by atoms with E-state index in [-0.39, 0.29) is 11.8 Å². The molecule has 0 aromatic heterocycles. The Morgan fingerprint density at radius 3 is 2.27 bits per heavy atom. The second kappa shape index (κ2) is 5.98. The maximum atomic E-state index is 11.8. The highest BCUT2D eigenvalue weighted by atomic mass is 16.2. The van der Waals surface area contributed by atoms with E-state index in [9.17, 15) is 9.59 Å². The van der Waals surface area contributed by atoms with Gasteiger partial charge in [0.15, 0.2) is 0 Å². The van der Waals surface area contributed by atoms with Crippen LogP contribution in [0.15, 0.2) is 66.7 Å². The molecule has 0 bridgehead atoms. The lowest BCUT2D eigenvalue weighted by molar-refractivity contribution is -0.119. The lowest BCUT2D eigenvalue weighted by atomic mass is 9.93. The minimum absolute atomic E-state index is 0.280. The third-order valence-corrected chi connectivity index (χ3v) is 3.89. The molecule has 0 fully saturated rings. The number of amides is 2. The van der Waals surface area contributed by atoms with Crippen molar-refractivity contribution < 1.29 is 9.59 Å². The van der Waals surface area contributed by atoms with Crippen LogP contribution in [0, 0.1) is 0 Å². The molecule has 0 radical (unpaired) electrons. The van der Waals surface area contributed by atoms with Crippen LogP contribution in [-0.4, -0.2) is 11.8 Å². The molecule has 110 valence electrons. The van der Waals surface area contributed by atoms with Gasteiger partial charge in [0.2, 0.25) is 0 Å². The van der Waals surface area contributed by atoms with E-state index in [1.807, 2.05) is 36.4 Å². The van der Waals surface area contributed by atoms with Gasteiger partial charge in [-0.05, 0) is 35.6 Å². The van der Waals surface area contributed by atoms with Crippen molar-refractivity contribution in [3.63, 3.8) is 0 Å². The highest BCUT2D eigenvalue weighted by molar-refractivity contribution is 6.28. The standard InChI is InChI=1S/C19H17NO2/c1-14(12-15-6-3-2-4-7-15)16-8-5-9-17(13-16)20-18(21)10-11-19(20)22/h2-11,13-14H,12H2,1H3. The third-order valence-electron chi connectivity index (χ3n) is 3.89. The van der Waals surface area contributed by atoms with Crippen molar-refractivity contribution in [1.29, 1.82) is 0 Å². The molecule has 1 atom stereocenters. The van der Waals surface area contributed by atoms with Crippen LogP contribution in [0.25, 0.3) is 0 Å². The largest absolute Gasteiger partial charge is 0.269 e. The van der Waals surface area contributed by atoms with E-state index < -0.39 is 0 Å². The first-order valence-electron chi connectivity index (χ1n) is 7.35. The Bertz CT molecular complexity index is 716. The summed E-state index contributed by atoms with van der Waals surface area (Å²) in [5.74, 6) is -0.251. The van der Waals surface area contributed by atoms with E-state index in [4.69, 9.17) is 0 Å². The molecule has 2 aromatic rings. The summed E-state index contributed by atoms with van der Waals surface area (Å²) in [4.78, 5) is 24.8. The molecule has 3 heteroatoms. The average molecular weight is 291 g/mol. The molecule has 0 spiro atoms. The number of hydrogen-bond acceptors (Lipinski definition) is 2. The number of hydrogen-bond donors (Lipinski definition) is 0. The molecule has 0 aliphatic carbocycles. The number of benzene rings is 2. The van der Waals surface area contributed by atoms with Gasteiger partial charge in [-0.1, -0.05) is 49.4 Å². The Morgan fingerprint density at radius 2 is 1.59 bits per heavy atom. The Balaban J connectivity index is 1.82. The first kappa shape index (κ1) is 14.3. The molecular weight excluding hydrogens is 274 g/mol. The van der Waals surface area contributed by atoms with Crippen molar-refractivity contribution in [2.75, 3.05) is 4.90 Å². The molecule has 1 heterocycles. The summed E-state index contributed by atoms with van der Waals surface area (Å²) in [6.45, 7) is 2.15. The molecule has 2 aromatic carbocycles. The number of anilines is 1. The molecule has 3 rings (SSSR count). The predicted molar refractivity (Wildman–Crippen MR) is 86.6 cm³/mol. The average Bonchev–Trinajstić information content (AvgIpc) is 2.87. The van der Waals surface area contributed by atoms with Gasteiger partial charge in [-0.15, -0.1) is 0 Å². The van der Waals surface area contributed by atoms with Crippen LogP contribution in [-0.2, 0) is 16.0 Å². The second-order valence-corrected chi connectivity index (χ2v) is 5.53. The maximum Gasteiger partial charge on any atom is 0.258 e. The minimum Gasteiger partial charge on any atom is -0.269 e. The van der Waals surface area contributed by atoms with Gasteiger partial charge in [0.25, 0.3) is 11.8 Å². The van der Waals surface area contributed by atoms with E-state index in [1.54, 1.807) is 6.07 Å². The quantitative estimate of drug-likeness (QED) is 0.809. The van der Waals surface area contributed by atoms with E-state index in [1.165, 1.54) is 22.6 Å². The molecule has 1 aliphatic rings. The second-order valence-electron chi connectivity index (χ2n) is 5.53. The number of imide groups is 1. The smallest absolute Gasteiger partial charge is 0.258 e. The summed E-state index contributed by atoms with van der Waals surface area (Å²) in [6, 6.07) is 17.9. The van der Waals surface area contributed by atoms with E-state index in [2.05, 4.69) is 19.1 Å². The van der Waals surface area contributed by atoms with Crippen LogP contribution in [0.1, 0.15) is 24.0 Å². The van der Waals surface area contributed by atoms with Gasteiger partial charge in [0.05, 0.1) is 5.69 Å². The number of nitrogens with zero attached hydrogens (tertiary/aromatic N) is 1. The van der Waals surface area contributed by atoms with Gasteiger partial charge in [-0.3, -0.25) is 9.59 Å². The highest BCUT2D eigenvalue weighted by Gasteiger charge is 2.25. The number of carbonyl (C=O) groups excluding carboxylic acids is 2. The summed E-state index contributed by atoms with van der Waals surface area (Å²) in [5.41, 5.74) is 3.03. The fourth-order valence-corrected chi connectivity index (χ4v) is 2.71. The van der Waals surface area contributed by atoms with Gasteiger partial charge in [0.1, 0.15) is 0 Å². The van der Waals surface area contributed by atoms with Crippen molar-refractivity contribution >= 4 is 17.5 Å². The summed E-state index contributed by atoms with van der Waals surface area (Å²) in [7, 11) is 0. The number of rotatable bonds is 4. The predicted octanol–water partition coefficient (Wildman–Crippen LogP) is 3.46. The lowest BCUT2D eigenvalue weighted by Gasteiger charge is -2.17. The van der Waals surface area contributed by atoms with Gasteiger partial charge in [-0.2, -0.15) is 0 Å². The monoisotopic (exact) mass is 291 g/mol. The van der Waals surface area contributed by atoms with Crippen LogP contribution in [0.4, 0.5) is 5.69 Å². The van der Waals surface area contributed by atoms with Crippen LogP contribution in [0.2, 0.25) is 0 Å². The van der Waals surface area contributed by atoms with Gasteiger partial charge in [0, 0.05) is 12.2 Å². The van der Waals surface area contributed by atoms with Crippen molar-refractivity contribution in [2.45, 2.75) is 19.3 Å².